The molecule has 0 radical (unpaired) electrons. The molecular formula is C25H24N2O4. The van der Waals surface area contributed by atoms with E-state index in [9.17, 15) is 9.59 Å². The summed E-state index contributed by atoms with van der Waals surface area (Å²) in [5.41, 5.74) is 6.49. The van der Waals surface area contributed by atoms with Gasteiger partial charge in [-0.25, -0.2) is 10.2 Å². The van der Waals surface area contributed by atoms with E-state index >= 15 is 0 Å². The smallest absolute Gasteiger partial charge is 0.379 e. The highest BCUT2D eigenvalue weighted by Gasteiger charge is 2.29. The van der Waals surface area contributed by atoms with Crippen molar-refractivity contribution in [2.45, 2.75) is 39.5 Å². The second kappa shape index (κ2) is 9.00. The highest BCUT2D eigenvalue weighted by atomic mass is 16.5. The Labute approximate surface area is 180 Å². The summed E-state index contributed by atoms with van der Waals surface area (Å²) in [5.74, 6) is 0.527. The minimum Gasteiger partial charge on any atom is -0.453 e. The molecule has 6 nitrogen and oxygen atoms in total. The van der Waals surface area contributed by atoms with E-state index in [1.807, 2.05) is 25.1 Å². The van der Waals surface area contributed by atoms with Gasteiger partial charge in [-0.3, -0.25) is 4.79 Å². The third-order valence-electron chi connectivity index (χ3n) is 5.38. The Kier molecular flexibility index (Phi) is 5.98. The normalized spacial score (nSPS) is 14.2. The van der Waals surface area contributed by atoms with Crippen LogP contribution in [0.3, 0.4) is 0 Å². The molecule has 0 atom stereocenters. The van der Waals surface area contributed by atoms with Gasteiger partial charge in [0.05, 0.1) is 5.71 Å². The van der Waals surface area contributed by atoms with Gasteiger partial charge >= 0.3 is 5.97 Å². The number of esters is 1. The van der Waals surface area contributed by atoms with Crippen molar-refractivity contribution in [1.29, 1.82) is 0 Å². The second-order valence-corrected chi connectivity index (χ2v) is 7.46. The Hall–Kier alpha value is -3.67. The van der Waals surface area contributed by atoms with Gasteiger partial charge in [-0.1, -0.05) is 37.3 Å². The number of rotatable bonds is 5. The van der Waals surface area contributed by atoms with Crippen molar-refractivity contribution >= 4 is 17.6 Å². The predicted molar refractivity (Wildman–Crippen MR) is 118 cm³/mol. The summed E-state index contributed by atoms with van der Waals surface area (Å²) >= 11 is 0. The molecular weight excluding hydrogens is 392 g/mol. The molecule has 1 aromatic heterocycles. The van der Waals surface area contributed by atoms with Gasteiger partial charge in [-0.05, 0) is 56.0 Å². The first-order valence-corrected chi connectivity index (χ1v) is 10.4. The number of hydrogen-bond donors (Lipinski definition) is 1. The summed E-state index contributed by atoms with van der Waals surface area (Å²) in [6.07, 6.45) is 3.14. The van der Waals surface area contributed by atoms with Crippen LogP contribution in [-0.2, 0) is 12.8 Å². The zero-order valence-corrected chi connectivity index (χ0v) is 17.6. The standard InChI is InChI=1S/C25H24N2O4/c1-3-17-12-14-19(15-13-17)30-25(29)23-16(2)22-20(10-7-11-21(22)31-23)26-27-24(28)18-8-5-4-6-9-18/h4-6,8-9,12-15H,3,7,10-11H2,1-2H3,(H,27,28)/b26-20+. The summed E-state index contributed by atoms with van der Waals surface area (Å²) in [7, 11) is 0. The first-order valence-electron chi connectivity index (χ1n) is 10.4. The minimum absolute atomic E-state index is 0.175. The largest absolute Gasteiger partial charge is 0.453 e. The van der Waals surface area contributed by atoms with Crippen molar-refractivity contribution < 1.29 is 18.7 Å². The van der Waals surface area contributed by atoms with Crippen molar-refractivity contribution in [1.82, 2.24) is 5.43 Å². The van der Waals surface area contributed by atoms with E-state index in [1.165, 1.54) is 5.56 Å². The fraction of sp³-hybridized carbons (Fsp3) is 0.240. The number of nitrogens with one attached hydrogen (secondary N) is 1. The zero-order valence-electron chi connectivity index (χ0n) is 17.6. The van der Waals surface area contributed by atoms with E-state index in [2.05, 4.69) is 17.5 Å². The zero-order chi connectivity index (χ0) is 21.8. The van der Waals surface area contributed by atoms with Gasteiger partial charge in [-0.15, -0.1) is 0 Å². The molecule has 3 aromatic rings. The maximum atomic E-state index is 12.7. The minimum atomic E-state index is -0.538. The number of benzene rings is 2. The van der Waals surface area contributed by atoms with Gasteiger partial charge in [0.1, 0.15) is 11.5 Å². The highest BCUT2D eigenvalue weighted by Crippen LogP contribution is 2.30. The molecule has 1 aliphatic rings. The maximum absolute atomic E-state index is 12.7. The lowest BCUT2D eigenvalue weighted by Gasteiger charge is -2.13. The van der Waals surface area contributed by atoms with Crippen molar-refractivity contribution in [2.75, 3.05) is 0 Å². The molecule has 0 bridgehead atoms. The van der Waals surface area contributed by atoms with E-state index in [0.717, 1.165) is 18.4 Å². The van der Waals surface area contributed by atoms with E-state index in [-0.39, 0.29) is 11.7 Å². The number of fused-ring (bicyclic) bond motifs is 1. The summed E-state index contributed by atoms with van der Waals surface area (Å²) in [6.45, 7) is 3.89. The first-order chi connectivity index (χ1) is 15.1. The van der Waals surface area contributed by atoms with E-state index in [4.69, 9.17) is 9.15 Å². The lowest BCUT2D eigenvalue weighted by Crippen LogP contribution is -2.22. The number of carbonyl (C=O) groups excluding carboxylic acids is 2. The average molecular weight is 416 g/mol. The summed E-state index contributed by atoms with van der Waals surface area (Å²) in [5, 5.41) is 4.34. The molecule has 1 amide bonds. The number of ether oxygens (including phenoxy) is 1. The Morgan fingerprint density at radius 3 is 2.52 bits per heavy atom. The van der Waals surface area contributed by atoms with Crippen LogP contribution in [0.25, 0.3) is 0 Å². The van der Waals surface area contributed by atoms with E-state index < -0.39 is 5.97 Å². The number of furan rings is 1. The Morgan fingerprint density at radius 2 is 1.81 bits per heavy atom. The molecule has 0 fully saturated rings. The molecule has 1 heterocycles. The van der Waals surface area contributed by atoms with Crippen LogP contribution in [0.2, 0.25) is 0 Å². The van der Waals surface area contributed by atoms with Gasteiger partial charge in [0.2, 0.25) is 5.76 Å². The lowest BCUT2D eigenvalue weighted by molar-refractivity contribution is 0.0698. The molecule has 1 N–H and O–H groups in total. The second-order valence-electron chi connectivity index (χ2n) is 7.46. The molecule has 0 aliphatic heterocycles. The van der Waals surface area contributed by atoms with Gasteiger partial charge in [0, 0.05) is 23.1 Å². The summed E-state index contributed by atoms with van der Waals surface area (Å²) < 4.78 is 11.4. The van der Waals surface area contributed by atoms with Crippen LogP contribution in [0, 0.1) is 6.92 Å². The Balaban J connectivity index is 1.54. The van der Waals surface area contributed by atoms with Gasteiger partial charge in [-0.2, -0.15) is 5.10 Å². The van der Waals surface area contributed by atoms with E-state index in [0.29, 0.717) is 41.2 Å². The van der Waals surface area contributed by atoms with Crippen LogP contribution in [0.1, 0.15) is 63.1 Å². The van der Waals surface area contributed by atoms with Gasteiger partial charge in [0.15, 0.2) is 0 Å². The van der Waals surface area contributed by atoms with Crippen molar-refractivity contribution in [2.24, 2.45) is 5.10 Å². The monoisotopic (exact) mass is 416 g/mol. The topological polar surface area (TPSA) is 80.9 Å². The van der Waals surface area contributed by atoms with Crippen LogP contribution in [0.4, 0.5) is 0 Å². The number of amides is 1. The molecule has 2 aromatic carbocycles. The Bertz CT molecular complexity index is 1130. The third kappa shape index (κ3) is 4.43. The Morgan fingerprint density at radius 1 is 1.06 bits per heavy atom. The van der Waals surface area contributed by atoms with Crippen LogP contribution in [-0.4, -0.2) is 17.6 Å². The average Bonchev–Trinajstić information content (AvgIpc) is 3.16. The molecule has 1 aliphatic carbocycles. The molecule has 6 heteroatoms. The summed E-state index contributed by atoms with van der Waals surface area (Å²) in [6, 6.07) is 16.3. The maximum Gasteiger partial charge on any atom is 0.379 e. The predicted octanol–water partition coefficient (Wildman–Crippen LogP) is 4.84. The number of nitrogens with zero attached hydrogens (tertiary/aromatic N) is 1. The summed E-state index contributed by atoms with van der Waals surface area (Å²) in [4.78, 5) is 25.1. The number of hydrogen-bond acceptors (Lipinski definition) is 5. The fourth-order valence-corrected chi connectivity index (χ4v) is 3.69. The number of carbonyl (C=O) groups is 2. The lowest BCUT2D eigenvalue weighted by atomic mass is 9.93. The molecule has 0 spiro atoms. The molecule has 158 valence electrons. The number of hydrazone groups is 1. The van der Waals surface area contributed by atoms with Crippen molar-refractivity contribution in [3.05, 3.63) is 88.4 Å². The third-order valence-corrected chi connectivity index (χ3v) is 5.38. The van der Waals surface area contributed by atoms with E-state index in [1.54, 1.807) is 36.4 Å². The SMILES string of the molecule is CCc1ccc(OC(=O)c2oc3c(c2C)/C(=N/NC(=O)c2ccccc2)CCC3)cc1. The van der Waals surface area contributed by atoms with Crippen molar-refractivity contribution in [3.63, 3.8) is 0 Å². The quantitative estimate of drug-likeness (QED) is 0.367. The molecule has 0 unspecified atom stereocenters. The van der Waals surface area contributed by atoms with Crippen LogP contribution >= 0.6 is 0 Å². The fourth-order valence-electron chi connectivity index (χ4n) is 3.69. The van der Waals surface area contributed by atoms with Gasteiger partial charge < -0.3 is 9.15 Å². The van der Waals surface area contributed by atoms with Gasteiger partial charge in [0.25, 0.3) is 5.91 Å². The molecule has 0 saturated carbocycles. The van der Waals surface area contributed by atoms with Crippen LogP contribution < -0.4 is 10.2 Å². The van der Waals surface area contributed by atoms with Crippen LogP contribution in [0.5, 0.6) is 5.75 Å². The van der Waals surface area contributed by atoms with Crippen LogP contribution in [0.15, 0.2) is 64.1 Å². The highest BCUT2D eigenvalue weighted by molar-refractivity contribution is 6.06. The molecule has 4 rings (SSSR count). The molecule has 31 heavy (non-hydrogen) atoms. The van der Waals surface area contributed by atoms with Crippen molar-refractivity contribution in [3.8, 4) is 5.75 Å². The number of aryl methyl sites for hydroxylation is 2. The first kappa shape index (κ1) is 20.6. The molecule has 0 saturated heterocycles.